The van der Waals surface area contributed by atoms with Gasteiger partial charge in [-0.05, 0) is 109 Å². The van der Waals surface area contributed by atoms with Crippen molar-refractivity contribution in [3.63, 3.8) is 0 Å². The average Bonchev–Trinajstić information content (AvgIpc) is 3.36. The lowest BCUT2D eigenvalue weighted by atomic mass is 9.41. The molecule has 1 aliphatic heterocycles. The van der Waals surface area contributed by atoms with E-state index in [9.17, 15) is 15.3 Å². The third-order valence-electron chi connectivity index (χ3n) is 11.6. The molecule has 0 aromatic heterocycles. The Labute approximate surface area is 199 Å². The second-order valence-corrected chi connectivity index (χ2v) is 12.7. The van der Waals surface area contributed by atoms with Crippen LogP contribution in [-0.4, -0.2) is 45.4 Å². The number of nitrogens with one attached hydrogen (secondary N) is 1. The van der Waals surface area contributed by atoms with Crippen LogP contribution < -0.4 is 5.43 Å². The smallest absolute Gasteiger partial charge is 0.238 e. The number of fused-ring (bicyclic) bond motifs is 5. The van der Waals surface area contributed by atoms with Gasteiger partial charge in [0.05, 0.1) is 12.2 Å². The van der Waals surface area contributed by atoms with E-state index in [2.05, 4.69) is 43.6 Å². The van der Waals surface area contributed by atoms with Gasteiger partial charge in [-0.25, -0.2) is 10.4 Å². The molecule has 1 heterocycles. The molecule has 188 valence electrons. The van der Waals surface area contributed by atoms with Crippen LogP contribution >= 0.6 is 0 Å². The zero-order chi connectivity index (χ0) is 23.5. The van der Waals surface area contributed by atoms with E-state index in [1.165, 1.54) is 25.7 Å². The van der Waals surface area contributed by atoms with Gasteiger partial charge >= 0.3 is 0 Å². The van der Waals surface area contributed by atoms with Crippen molar-refractivity contribution in [1.29, 1.82) is 0 Å². The van der Waals surface area contributed by atoms with Crippen molar-refractivity contribution in [2.24, 2.45) is 62.7 Å². The lowest BCUT2D eigenvalue weighted by Crippen LogP contribution is -2.62. The summed E-state index contributed by atoms with van der Waals surface area (Å²) >= 11 is 0. The van der Waals surface area contributed by atoms with E-state index < -0.39 is 6.35 Å². The summed E-state index contributed by atoms with van der Waals surface area (Å²) in [7, 11) is 0. The summed E-state index contributed by atoms with van der Waals surface area (Å²) in [6.45, 7) is 10.4. The Hall–Kier alpha value is -0.920. The van der Waals surface area contributed by atoms with Crippen LogP contribution in [0.3, 0.4) is 0 Å². The molecule has 2 unspecified atom stereocenters. The van der Waals surface area contributed by atoms with Crippen molar-refractivity contribution in [3.8, 4) is 0 Å². The van der Waals surface area contributed by atoms with Crippen molar-refractivity contribution >= 4 is 0 Å². The Morgan fingerprint density at radius 3 is 2.42 bits per heavy atom. The first-order valence-corrected chi connectivity index (χ1v) is 13.7. The van der Waals surface area contributed by atoms with Crippen LogP contribution in [-0.2, 0) is 0 Å². The Bertz CT molecular complexity index is 751. The molecule has 0 bridgehead atoms. The summed E-state index contributed by atoms with van der Waals surface area (Å²) in [5.74, 6) is 3.56. The summed E-state index contributed by atoms with van der Waals surface area (Å²) in [6.07, 6.45) is 8.69. The molecule has 7 heteroatoms. The molecule has 4 aliphatic carbocycles. The van der Waals surface area contributed by atoms with Crippen LogP contribution in [0.15, 0.2) is 10.4 Å². The highest BCUT2D eigenvalue weighted by atomic mass is 16.3. The Kier molecular flexibility index (Phi) is 6.23. The van der Waals surface area contributed by atoms with E-state index >= 15 is 0 Å². The average molecular weight is 463 g/mol. The lowest BCUT2D eigenvalue weighted by Gasteiger charge is -2.64. The highest BCUT2D eigenvalue weighted by Crippen LogP contribution is 2.69. The summed E-state index contributed by atoms with van der Waals surface area (Å²) < 4.78 is 0. The molecular weight excluding hydrogens is 416 g/mol. The lowest BCUT2D eigenvalue weighted by molar-refractivity contribution is -0.203. The summed E-state index contributed by atoms with van der Waals surface area (Å²) in [5, 5.41) is 41.6. The third-order valence-corrected chi connectivity index (χ3v) is 11.6. The Balaban J connectivity index is 1.35. The fourth-order valence-electron chi connectivity index (χ4n) is 9.89. The maximum Gasteiger partial charge on any atom is 0.238 e. The molecule has 5 aliphatic rings. The molecule has 5 rings (SSSR count). The number of hydrogen-bond acceptors (Lipinski definition) is 7. The van der Waals surface area contributed by atoms with Crippen LogP contribution in [0, 0.1) is 52.3 Å². The van der Waals surface area contributed by atoms with Crippen molar-refractivity contribution in [2.75, 3.05) is 6.54 Å². The Morgan fingerprint density at radius 1 is 1.00 bits per heavy atom. The van der Waals surface area contributed by atoms with Crippen molar-refractivity contribution < 1.29 is 15.3 Å². The number of aliphatic hydroxyl groups excluding tert-OH is 3. The van der Waals surface area contributed by atoms with Gasteiger partial charge in [0, 0.05) is 6.54 Å². The van der Waals surface area contributed by atoms with Gasteiger partial charge in [-0.3, -0.25) is 0 Å². The van der Waals surface area contributed by atoms with Gasteiger partial charge in [0.1, 0.15) is 0 Å². The summed E-state index contributed by atoms with van der Waals surface area (Å²) in [4.78, 5) is 0. The monoisotopic (exact) mass is 462 g/mol. The van der Waals surface area contributed by atoms with Crippen molar-refractivity contribution in [3.05, 3.63) is 0 Å². The fourth-order valence-corrected chi connectivity index (χ4v) is 9.89. The topological polar surface area (TPSA) is 101 Å². The number of rotatable bonds is 5. The van der Waals surface area contributed by atoms with Gasteiger partial charge in [-0.15, -0.1) is 0 Å². The van der Waals surface area contributed by atoms with Crippen LogP contribution in [0.1, 0.15) is 85.5 Å². The normalized spacial score (nSPS) is 52.1. The molecule has 12 atom stereocenters. The van der Waals surface area contributed by atoms with Gasteiger partial charge in [0.25, 0.3) is 0 Å². The first-order valence-electron chi connectivity index (χ1n) is 13.7. The van der Waals surface area contributed by atoms with E-state index in [-0.39, 0.29) is 23.0 Å². The molecule has 0 amide bonds. The molecule has 0 radical (unpaired) electrons. The van der Waals surface area contributed by atoms with E-state index in [0.717, 1.165) is 32.1 Å². The van der Waals surface area contributed by atoms with Crippen LogP contribution in [0.4, 0.5) is 0 Å². The predicted molar refractivity (Wildman–Crippen MR) is 126 cm³/mol. The number of nitrogens with zero attached hydrogens (tertiary/aromatic N) is 3. The first kappa shape index (κ1) is 23.8. The van der Waals surface area contributed by atoms with Gasteiger partial charge in [0.2, 0.25) is 6.35 Å². The van der Waals surface area contributed by atoms with Gasteiger partial charge in [-0.2, -0.15) is 0 Å². The second kappa shape index (κ2) is 8.63. The molecule has 4 fully saturated rings. The minimum absolute atomic E-state index is 0.185. The molecule has 0 aromatic rings. The highest BCUT2D eigenvalue weighted by Gasteiger charge is 2.64. The molecule has 0 saturated heterocycles. The molecule has 0 spiro atoms. The zero-order valence-electron chi connectivity index (χ0n) is 21.0. The summed E-state index contributed by atoms with van der Waals surface area (Å²) in [6, 6.07) is 0. The molecular formula is C26H46N4O3. The quantitative estimate of drug-likeness (QED) is 0.493. The summed E-state index contributed by atoms with van der Waals surface area (Å²) in [5.41, 5.74) is 3.13. The molecule has 4 N–H and O–H groups in total. The van der Waals surface area contributed by atoms with Crippen LogP contribution in [0.5, 0.6) is 0 Å². The molecule has 4 saturated carbocycles. The van der Waals surface area contributed by atoms with E-state index in [1.54, 1.807) is 5.01 Å². The SMILES string of the molecule is CC[C@@H]1C2C[C@H](O)CC[C@]2(C)[C@H]2CC[C@]3(C)[C@@H]([C@H](C)CCN4N=NNC4O)CC[C@H]3[C@@H]2[C@@H]1O. The van der Waals surface area contributed by atoms with Gasteiger partial charge in [-0.1, -0.05) is 39.3 Å². The van der Waals surface area contributed by atoms with Crippen molar-refractivity contribution in [2.45, 2.75) is 104 Å². The standard InChI is InChI=1S/C26H46N4O3/c1-5-17-21-14-16(31)8-11-26(21,4)20-9-12-25(3)18(6-7-19(25)22(20)23(17)32)15(2)10-13-30-24(33)27-28-29-30/h15-24,31-33H,5-14H2,1-4H3,(H,27,29)/t15-,16-,17-,18-,19+,20+,21?,22+,23-,24?,25-,26-/m1/s1. The number of hydrogen-bond donors (Lipinski definition) is 4. The van der Waals surface area contributed by atoms with E-state index in [1.807, 2.05) is 0 Å². The Morgan fingerprint density at radius 2 is 1.73 bits per heavy atom. The predicted octanol–water partition coefficient (Wildman–Crippen LogP) is 4.10. The maximum atomic E-state index is 11.8. The minimum Gasteiger partial charge on any atom is -0.393 e. The fraction of sp³-hybridized carbons (Fsp3) is 1.00. The largest absolute Gasteiger partial charge is 0.393 e. The van der Waals surface area contributed by atoms with Gasteiger partial charge in [0.15, 0.2) is 0 Å². The van der Waals surface area contributed by atoms with Gasteiger partial charge < -0.3 is 15.3 Å². The third kappa shape index (κ3) is 3.63. The maximum absolute atomic E-state index is 11.8. The molecule has 0 aromatic carbocycles. The zero-order valence-corrected chi connectivity index (χ0v) is 21.0. The van der Waals surface area contributed by atoms with Crippen LogP contribution in [0.25, 0.3) is 0 Å². The van der Waals surface area contributed by atoms with Crippen molar-refractivity contribution in [1.82, 2.24) is 10.4 Å². The number of aliphatic hydroxyl groups is 3. The van der Waals surface area contributed by atoms with E-state index in [4.69, 9.17) is 0 Å². The highest BCUT2D eigenvalue weighted by molar-refractivity contribution is 5.13. The molecule has 33 heavy (non-hydrogen) atoms. The second-order valence-electron chi connectivity index (χ2n) is 12.7. The van der Waals surface area contributed by atoms with E-state index in [0.29, 0.717) is 48.0 Å². The molecule has 7 nitrogen and oxygen atoms in total. The van der Waals surface area contributed by atoms with Crippen LogP contribution in [0.2, 0.25) is 0 Å². The first-order chi connectivity index (χ1) is 15.7. The minimum atomic E-state index is -0.800.